The Kier molecular flexibility index (Phi) is 6.69. The van der Waals surface area contributed by atoms with Crippen molar-refractivity contribution >= 4 is 11.7 Å². The molecule has 4 heteroatoms. The minimum absolute atomic E-state index is 0.0763. The second kappa shape index (κ2) is 9.01. The van der Waals surface area contributed by atoms with Crippen LogP contribution in [-0.4, -0.2) is 53.2 Å². The number of likely N-dealkylation sites (tertiary alicyclic amines) is 2. The van der Waals surface area contributed by atoms with E-state index in [1.54, 1.807) is 0 Å². The summed E-state index contributed by atoms with van der Waals surface area (Å²) in [6, 6.07) is 8.23. The molecule has 27 heavy (non-hydrogen) atoms. The van der Waals surface area contributed by atoms with Crippen LogP contribution >= 0.6 is 0 Å². The average molecular weight is 371 g/mol. The van der Waals surface area contributed by atoms with Gasteiger partial charge in [0, 0.05) is 24.1 Å². The van der Waals surface area contributed by atoms with Gasteiger partial charge in [0.25, 0.3) is 0 Å². The lowest BCUT2D eigenvalue weighted by atomic mass is 9.88. The Hall–Kier alpha value is -1.68. The summed E-state index contributed by atoms with van der Waals surface area (Å²) in [6.45, 7) is 8.84. The number of nitrogens with zero attached hydrogens (tertiary/aromatic N) is 2. The molecular formula is C23H34N2O2. The van der Waals surface area contributed by atoms with E-state index in [0.717, 1.165) is 57.3 Å². The Morgan fingerprint density at radius 3 is 2.33 bits per heavy atom. The maximum Gasteiger partial charge on any atom is 0.239 e. The number of rotatable bonds is 5. The maximum atomic E-state index is 13.1. The van der Waals surface area contributed by atoms with E-state index < -0.39 is 0 Å². The van der Waals surface area contributed by atoms with Crippen LogP contribution in [0.5, 0.6) is 0 Å². The minimum Gasteiger partial charge on any atom is -0.338 e. The number of carbonyl (C=O) groups excluding carboxylic acids is 2. The van der Waals surface area contributed by atoms with Crippen LogP contribution in [0.1, 0.15) is 68.3 Å². The quantitative estimate of drug-likeness (QED) is 0.734. The zero-order valence-corrected chi connectivity index (χ0v) is 17.1. The van der Waals surface area contributed by atoms with Gasteiger partial charge < -0.3 is 4.90 Å². The molecule has 2 unspecified atom stereocenters. The number of carbonyl (C=O) groups is 2. The van der Waals surface area contributed by atoms with Crippen LogP contribution in [0.3, 0.4) is 0 Å². The topological polar surface area (TPSA) is 40.6 Å². The summed E-state index contributed by atoms with van der Waals surface area (Å²) in [7, 11) is 0. The Morgan fingerprint density at radius 2 is 1.70 bits per heavy atom. The Labute approximate surface area is 163 Å². The van der Waals surface area contributed by atoms with Crippen molar-refractivity contribution in [3.05, 3.63) is 35.4 Å². The van der Waals surface area contributed by atoms with Crippen LogP contribution in [-0.2, 0) is 4.79 Å². The van der Waals surface area contributed by atoms with E-state index in [1.165, 1.54) is 12.0 Å². The first-order valence-electron chi connectivity index (χ1n) is 10.7. The molecule has 2 atom stereocenters. The lowest BCUT2D eigenvalue weighted by molar-refractivity contribution is -0.140. The molecule has 0 spiro atoms. The largest absolute Gasteiger partial charge is 0.338 e. The normalized spacial score (nSPS) is 23.2. The molecule has 3 rings (SSSR count). The summed E-state index contributed by atoms with van der Waals surface area (Å²) in [4.78, 5) is 30.2. The summed E-state index contributed by atoms with van der Waals surface area (Å²) in [5.41, 5.74) is 2.00. The van der Waals surface area contributed by atoms with Gasteiger partial charge in [-0.05, 0) is 65.5 Å². The third kappa shape index (κ3) is 4.60. The highest BCUT2D eigenvalue weighted by molar-refractivity contribution is 5.98. The van der Waals surface area contributed by atoms with E-state index in [-0.39, 0.29) is 23.7 Å². The summed E-state index contributed by atoms with van der Waals surface area (Å²) in [6.07, 6.45) is 6.25. The zero-order chi connectivity index (χ0) is 19.4. The first-order chi connectivity index (χ1) is 13.0. The Balaban J connectivity index is 1.55. The highest BCUT2D eigenvalue weighted by atomic mass is 16.2. The molecule has 2 aliphatic rings. The van der Waals surface area contributed by atoms with E-state index in [1.807, 2.05) is 38.1 Å². The van der Waals surface area contributed by atoms with Crippen molar-refractivity contribution < 1.29 is 9.59 Å². The maximum absolute atomic E-state index is 13.1. The van der Waals surface area contributed by atoms with Crippen molar-refractivity contribution in [3.8, 4) is 0 Å². The second-order valence-corrected chi connectivity index (χ2v) is 8.31. The van der Waals surface area contributed by atoms with Gasteiger partial charge >= 0.3 is 0 Å². The number of amides is 1. The molecule has 0 aliphatic carbocycles. The molecule has 1 aromatic rings. The average Bonchev–Trinajstić information content (AvgIpc) is 2.72. The summed E-state index contributed by atoms with van der Waals surface area (Å²) in [5, 5.41) is 0. The molecule has 2 heterocycles. The lowest BCUT2D eigenvalue weighted by Gasteiger charge is -2.41. The number of aryl methyl sites for hydroxylation is 1. The van der Waals surface area contributed by atoms with Gasteiger partial charge in [0.1, 0.15) is 0 Å². The van der Waals surface area contributed by atoms with Gasteiger partial charge in [-0.25, -0.2) is 0 Å². The molecule has 2 fully saturated rings. The van der Waals surface area contributed by atoms with E-state index in [0.29, 0.717) is 6.04 Å². The van der Waals surface area contributed by atoms with E-state index >= 15 is 0 Å². The SMILES string of the molecule is CCC1CCCCN1C(=O)C(C)N1CCC(C(=O)c2ccc(C)cc2)CC1. The number of hydrogen-bond acceptors (Lipinski definition) is 3. The van der Waals surface area contributed by atoms with Gasteiger partial charge in [-0.15, -0.1) is 0 Å². The molecule has 4 nitrogen and oxygen atoms in total. The number of Topliss-reactive ketones (excluding diaryl/α,β-unsaturated/α-hetero) is 1. The highest BCUT2D eigenvalue weighted by Gasteiger charge is 2.34. The van der Waals surface area contributed by atoms with Crippen molar-refractivity contribution in [2.24, 2.45) is 5.92 Å². The Morgan fingerprint density at radius 1 is 1.04 bits per heavy atom. The predicted molar refractivity (Wildman–Crippen MR) is 109 cm³/mol. The van der Waals surface area contributed by atoms with Crippen LogP contribution in [0.2, 0.25) is 0 Å². The van der Waals surface area contributed by atoms with Gasteiger partial charge in [0.2, 0.25) is 5.91 Å². The zero-order valence-electron chi connectivity index (χ0n) is 17.1. The van der Waals surface area contributed by atoms with Crippen molar-refractivity contribution in [1.82, 2.24) is 9.80 Å². The van der Waals surface area contributed by atoms with Crippen molar-refractivity contribution in [3.63, 3.8) is 0 Å². The molecule has 0 N–H and O–H groups in total. The number of hydrogen-bond donors (Lipinski definition) is 0. The summed E-state index contributed by atoms with van der Waals surface area (Å²) in [5.74, 6) is 0.630. The van der Waals surface area contributed by atoms with E-state index in [2.05, 4.69) is 16.7 Å². The summed E-state index contributed by atoms with van der Waals surface area (Å²) >= 11 is 0. The Bertz CT molecular complexity index is 647. The molecule has 1 amide bonds. The van der Waals surface area contributed by atoms with E-state index in [4.69, 9.17) is 0 Å². The van der Waals surface area contributed by atoms with Crippen LogP contribution in [0.4, 0.5) is 0 Å². The molecule has 2 aliphatic heterocycles. The van der Waals surface area contributed by atoms with Crippen LogP contribution in [0.25, 0.3) is 0 Å². The molecular weight excluding hydrogens is 336 g/mol. The van der Waals surface area contributed by atoms with Crippen molar-refractivity contribution in [2.45, 2.75) is 71.4 Å². The number of ketones is 1. The molecule has 0 radical (unpaired) electrons. The molecule has 1 aromatic carbocycles. The first kappa shape index (κ1) is 20.1. The predicted octanol–water partition coefficient (Wildman–Crippen LogP) is 4.07. The smallest absolute Gasteiger partial charge is 0.239 e. The van der Waals surface area contributed by atoms with Gasteiger partial charge in [-0.3, -0.25) is 14.5 Å². The molecule has 0 aromatic heterocycles. The third-order valence-electron chi connectivity index (χ3n) is 6.52. The first-order valence-corrected chi connectivity index (χ1v) is 10.7. The van der Waals surface area contributed by atoms with Gasteiger partial charge in [0.15, 0.2) is 5.78 Å². The van der Waals surface area contributed by atoms with E-state index in [9.17, 15) is 9.59 Å². The molecule has 0 bridgehead atoms. The van der Waals surface area contributed by atoms with Crippen molar-refractivity contribution in [2.75, 3.05) is 19.6 Å². The fraction of sp³-hybridized carbons (Fsp3) is 0.652. The third-order valence-corrected chi connectivity index (χ3v) is 6.52. The van der Waals surface area contributed by atoms with Gasteiger partial charge in [0.05, 0.1) is 6.04 Å². The van der Waals surface area contributed by atoms with Gasteiger partial charge in [-0.2, -0.15) is 0 Å². The molecule has 148 valence electrons. The monoisotopic (exact) mass is 370 g/mol. The van der Waals surface area contributed by atoms with Gasteiger partial charge in [-0.1, -0.05) is 36.8 Å². The van der Waals surface area contributed by atoms with Crippen molar-refractivity contribution in [1.29, 1.82) is 0 Å². The lowest BCUT2D eigenvalue weighted by Crippen LogP contribution is -2.53. The fourth-order valence-corrected chi connectivity index (χ4v) is 4.61. The molecule has 2 saturated heterocycles. The number of benzene rings is 1. The van der Waals surface area contributed by atoms with Crippen LogP contribution in [0.15, 0.2) is 24.3 Å². The minimum atomic E-state index is -0.0763. The fourth-order valence-electron chi connectivity index (χ4n) is 4.61. The number of piperidine rings is 2. The van der Waals surface area contributed by atoms with Crippen LogP contribution < -0.4 is 0 Å². The highest BCUT2D eigenvalue weighted by Crippen LogP contribution is 2.26. The second-order valence-electron chi connectivity index (χ2n) is 8.31. The van der Waals surface area contributed by atoms with Crippen LogP contribution in [0, 0.1) is 12.8 Å². The summed E-state index contributed by atoms with van der Waals surface area (Å²) < 4.78 is 0. The standard InChI is InChI=1S/C23H34N2O2/c1-4-21-7-5-6-14-25(21)23(27)18(3)24-15-12-20(13-16-24)22(26)19-10-8-17(2)9-11-19/h8-11,18,20-21H,4-7,12-16H2,1-3H3. The molecule has 0 saturated carbocycles.